The number of hydrogen-bond acceptors (Lipinski definition) is 2. The second-order valence-electron chi connectivity index (χ2n) is 3.14. The second-order valence-corrected chi connectivity index (χ2v) is 3.36. The largest absolute Gasteiger partial charge is 0.351 e. The van der Waals surface area contributed by atoms with Crippen LogP contribution in [0.25, 0.3) is 10.9 Å². The molecule has 14 heavy (non-hydrogen) atoms. The summed E-state index contributed by atoms with van der Waals surface area (Å²) in [6.45, 7) is 0. The molecule has 4 heteroatoms. The van der Waals surface area contributed by atoms with E-state index in [0.717, 1.165) is 10.9 Å². The molecule has 0 bridgehead atoms. The van der Waals surface area contributed by atoms with Gasteiger partial charge in [0.25, 0.3) is 5.91 Å². The highest BCUT2D eigenvalue weighted by Gasteiger charge is 2.05. The molecule has 0 atom stereocenters. The fourth-order valence-electron chi connectivity index (χ4n) is 1.49. The Morgan fingerprint density at radius 2 is 2.21 bits per heavy atom. The highest BCUT2D eigenvalue weighted by molar-refractivity contribution is 7.78. The summed E-state index contributed by atoms with van der Waals surface area (Å²) in [5.74, 6) is -0.181. The molecule has 0 saturated carbocycles. The number of rotatable bonds is 1. The van der Waals surface area contributed by atoms with Gasteiger partial charge in [0, 0.05) is 29.7 Å². The highest BCUT2D eigenvalue weighted by atomic mass is 32.1. The van der Waals surface area contributed by atoms with Gasteiger partial charge in [0.05, 0.1) is 0 Å². The van der Waals surface area contributed by atoms with E-state index in [4.69, 9.17) is 0 Å². The van der Waals surface area contributed by atoms with Crippen molar-refractivity contribution in [3.63, 3.8) is 0 Å². The summed E-state index contributed by atoms with van der Waals surface area (Å²) in [7, 11) is 1.97. The van der Waals surface area contributed by atoms with Crippen molar-refractivity contribution in [1.29, 1.82) is 0 Å². The third-order valence-corrected chi connectivity index (χ3v) is 2.45. The van der Waals surface area contributed by atoms with Crippen LogP contribution in [0.1, 0.15) is 10.4 Å². The van der Waals surface area contributed by atoms with E-state index in [0.29, 0.717) is 5.56 Å². The Morgan fingerprint density at radius 3 is 2.93 bits per heavy atom. The molecule has 0 aliphatic carbocycles. The number of aromatic nitrogens is 1. The number of hydrogen-bond donors (Lipinski definition) is 2. The van der Waals surface area contributed by atoms with Gasteiger partial charge in [-0.05, 0) is 24.3 Å². The smallest absolute Gasteiger partial charge is 0.260 e. The van der Waals surface area contributed by atoms with Gasteiger partial charge in [0.1, 0.15) is 0 Å². The molecule has 0 fully saturated rings. The Bertz CT molecular complexity index is 490. The minimum absolute atomic E-state index is 0.181. The monoisotopic (exact) mass is 206 g/mol. The van der Waals surface area contributed by atoms with Crippen LogP contribution in [0.15, 0.2) is 30.5 Å². The lowest BCUT2D eigenvalue weighted by molar-refractivity contribution is 0.0985. The number of carbonyl (C=O) groups excluding carboxylic acids is 1. The zero-order valence-corrected chi connectivity index (χ0v) is 8.58. The Labute approximate surface area is 87.3 Å². The van der Waals surface area contributed by atoms with Gasteiger partial charge < -0.3 is 4.57 Å². The first-order valence-electron chi connectivity index (χ1n) is 4.22. The first kappa shape index (κ1) is 9.15. The molecule has 1 amide bonds. The molecule has 0 spiro atoms. The normalized spacial score (nSPS) is 10.4. The lowest BCUT2D eigenvalue weighted by Gasteiger charge is -2.00. The molecule has 0 unspecified atom stereocenters. The number of amides is 1. The lowest BCUT2D eigenvalue weighted by Crippen LogP contribution is -2.12. The summed E-state index contributed by atoms with van der Waals surface area (Å²) in [5.41, 5.74) is 1.74. The standard InChI is InChI=1S/C10H10N2OS/c1-12-5-4-7-6-8(10(13)11-14)2-3-9(7)12/h2-6,14H,1H3,(H,11,13). The van der Waals surface area contributed by atoms with Gasteiger partial charge in [-0.3, -0.25) is 9.52 Å². The quantitative estimate of drug-likeness (QED) is 0.685. The van der Waals surface area contributed by atoms with Crippen molar-refractivity contribution >= 4 is 29.6 Å². The molecular formula is C10H10N2OS. The molecule has 72 valence electrons. The van der Waals surface area contributed by atoms with Crippen LogP contribution in [0, 0.1) is 0 Å². The van der Waals surface area contributed by atoms with Crippen LogP contribution >= 0.6 is 12.8 Å². The first-order valence-corrected chi connectivity index (χ1v) is 4.66. The van der Waals surface area contributed by atoms with Crippen molar-refractivity contribution in [2.24, 2.45) is 7.05 Å². The summed E-state index contributed by atoms with van der Waals surface area (Å²) in [6, 6.07) is 7.53. The third kappa shape index (κ3) is 1.37. The maximum absolute atomic E-state index is 11.3. The van der Waals surface area contributed by atoms with Gasteiger partial charge in [-0.1, -0.05) is 12.8 Å². The average molecular weight is 206 g/mol. The van der Waals surface area contributed by atoms with Gasteiger partial charge >= 0.3 is 0 Å². The van der Waals surface area contributed by atoms with E-state index >= 15 is 0 Å². The molecule has 0 radical (unpaired) electrons. The number of thiol groups is 1. The summed E-state index contributed by atoms with van der Waals surface area (Å²) in [4.78, 5) is 11.3. The molecule has 1 aromatic carbocycles. The Kier molecular flexibility index (Phi) is 2.21. The molecule has 1 N–H and O–H groups in total. The van der Waals surface area contributed by atoms with Gasteiger partial charge in [-0.15, -0.1) is 0 Å². The first-order chi connectivity index (χ1) is 6.72. The molecule has 1 aromatic heterocycles. The fourth-order valence-corrected chi connectivity index (χ4v) is 1.62. The van der Waals surface area contributed by atoms with E-state index in [1.807, 2.05) is 36.0 Å². The van der Waals surface area contributed by atoms with E-state index in [1.54, 1.807) is 6.07 Å². The summed E-state index contributed by atoms with van der Waals surface area (Å²) in [5, 5.41) is 1.06. The summed E-state index contributed by atoms with van der Waals surface area (Å²) < 4.78 is 4.31. The number of benzene rings is 1. The van der Waals surface area contributed by atoms with E-state index in [9.17, 15) is 4.79 Å². The molecule has 3 nitrogen and oxygen atoms in total. The van der Waals surface area contributed by atoms with Crippen molar-refractivity contribution < 1.29 is 4.79 Å². The van der Waals surface area contributed by atoms with E-state index in [2.05, 4.69) is 17.5 Å². The van der Waals surface area contributed by atoms with Gasteiger partial charge in [-0.25, -0.2) is 0 Å². The van der Waals surface area contributed by atoms with Crippen LogP contribution in [-0.4, -0.2) is 10.5 Å². The molecule has 2 aromatic rings. The number of aryl methyl sites for hydroxylation is 1. The number of carbonyl (C=O) groups is 1. The van der Waals surface area contributed by atoms with Gasteiger partial charge in [0.2, 0.25) is 0 Å². The van der Waals surface area contributed by atoms with Crippen molar-refractivity contribution in [1.82, 2.24) is 9.29 Å². The van der Waals surface area contributed by atoms with Crippen LogP contribution < -0.4 is 4.72 Å². The van der Waals surface area contributed by atoms with Crippen LogP contribution in [0.5, 0.6) is 0 Å². The fraction of sp³-hybridized carbons (Fsp3) is 0.100. The maximum Gasteiger partial charge on any atom is 0.260 e. The zero-order valence-electron chi connectivity index (χ0n) is 7.69. The second kappa shape index (κ2) is 3.38. The minimum Gasteiger partial charge on any atom is -0.351 e. The summed E-state index contributed by atoms with van der Waals surface area (Å²) >= 11 is 3.72. The Morgan fingerprint density at radius 1 is 1.43 bits per heavy atom. The zero-order chi connectivity index (χ0) is 10.1. The van der Waals surface area contributed by atoms with Gasteiger partial charge in [0.15, 0.2) is 0 Å². The van der Waals surface area contributed by atoms with Crippen LogP contribution in [-0.2, 0) is 7.05 Å². The predicted octanol–water partition coefficient (Wildman–Crippen LogP) is 1.75. The summed E-state index contributed by atoms with van der Waals surface area (Å²) in [6.07, 6.45) is 1.97. The van der Waals surface area contributed by atoms with Crippen molar-refractivity contribution in [2.75, 3.05) is 0 Å². The van der Waals surface area contributed by atoms with Crippen LogP contribution in [0.3, 0.4) is 0 Å². The van der Waals surface area contributed by atoms with E-state index in [1.165, 1.54) is 0 Å². The Hall–Kier alpha value is -1.42. The third-order valence-electron chi connectivity index (χ3n) is 2.25. The van der Waals surface area contributed by atoms with Crippen LogP contribution in [0.2, 0.25) is 0 Å². The maximum atomic E-state index is 11.3. The molecule has 0 aliphatic rings. The van der Waals surface area contributed by atoms with Crippen molar-refractivity contribution in [3.05, 3.63) is 36.0 Å². The SMILES string of the molecule is Cn1ccc2cc(C(=O)NS)ccc21. The average Bonchev–Trinajstić information content (AvgIpc) is 2.59. The van der Waals surface area contributed by atoms with Crippen molar-refractivity contribution in [3.8, 4) is 0 Å². The Balaban J connectivity index is 2.57. The van der Waals surface area contributed by atoms with E-state index < -0.39 is 0 Å². The topological polar surface area (TPSA) is 34.0 Å². The van der Waals surface area contributed by atoms with Gasteiger partial charge in [-0.2, -0.15) is 0 Å². The molecule has 0 aliphatic heterocycles. The number of fused-ring (bicyclic) bond motifs is 1. The molecule has 0 saturated heterocycles. The predicted molar refractivity (Wildman–Crippen MR) is 59.4 cm³/mol. The minimum atomic E-state index is -0.181. The molecular weight excluding hydrogens is 196 g/mol. The lowest BCUT2D eigenvalue weighted by atomic mass is 10.1. The highest BCUT2D eigenvalue weighted by Crippen LogP contribution is 2.16. The number of nitrogens with zero attached hydrogens (tertiary/aromatic N) is 1. The van der Waals surface area contributed by atoms with Crippen LogP contribution in [0.4, 0.5) is 0 Å². The number of nitrogens with one attached hydrogen (secondary N) is 1. The van der Waals surface area contributed by atoms with Crippen molar-refractivity contribution in [2.45, 2.75) is 0 Å². The molecule has 1 heterocycles. The molecule has 2 rings (SSSR count). The van der Waals surface area contributed by atoms with E-state index in [-0.39, 0.29) is 5.91 Å².